The number of carbonyl (C=O) groups is 1. The largest absolute Gasteiger partial charge is 0.340 e. The molecule has 1 N–H and O–H groups in total. The monoisotopic (exact) mass is 281 g/mol. The Bertz CT molecular complexity index is 649. The number of hydrogen-bond acceptors (Lipinski definition) is 3. The van der Waals surface area contributed by atoms with Crippen molar-refractivity contribution in [1.29, 1.82) is 0 Å². The van der Waals surface area contributed by atoms with Gasteiger partial charge in [0.1, 0.15) is 5.82 Å². The zero-order valence-corrected chi connectivity index (χ0v) is 12.3. The second kappa shape index (κ2) is 5.56. The Hall–Kier alpha value is -2.36. The fourth-order valence-corrected chi connectivity index (χ4v) is 2.50. The van der Waals surface area contributed by atoms with E-state index in [0.29, 0.717) is 5.82 Å². The van der Waals surface area contributed by atoms with Gasteiger partial charge in [0.05, 0.1) is 11.9 Å². The lowest BCUT2D eigenvalue weighted by molar-refractivity contribution is -0.118. The average molecular weight is 281 g/mol. The van der Waals surface area contributed by atoms with Gasteiger partial charge in [0, 0.05) is 18.2 Å². The van der Waals surface area contributed by atoms with Gasteiger partial charge in [-0.3, -0.25) is 4.79 Å². The minimum Gasteiger partial charge on any atom is -0.340 e. The Balaban J connectivity index is 1.78. The molecule has 4 heteroatoms. The molecule has 0 saturated heterocycles. The maximum atomic E-state index is 11.7. The Morgan fingerprint density at radius 1 is 1.24 bits per heavy atom. The standard InChI is InChI=1S/C17H19N3O/c1-12(2)17(21)19-16-8-7-14(11-18-16)20-10-9-13-5-3-4-6-15(13)20/h3-8,11-12H,9-10H2,1-2H3,(H,18,19,21). The Morgan fingerprint density at radius 2 is 2.05 bits per heavy atom. The molecule has 108 valence electrons. The number of fused-ring (bicyclic) bond motifs is 1. The summed E-state index contributed by atoms with van der Waals surface area (Å²) in [6.07, 6.45) is 2.88. The van der Waals surface area contributed by atoms with Crippen LogP contribution in [0.25, 0.3) is 0 Å². The van der Waals surface area contributed by atoms with Gasteiger partial charge in [-0.1, -0.05) is 32.0 Å². The second-order valence-electron chi connectivity index (χ2n) is 5.58. The molecule has 21 heavy (non-hydrogen) atoms. The van der Waals surface area contributed by atoms with Crippen molar-refractivity contribution < 1.29 is 4.79 Å². The summed E-state index contributed by atoms with van der Waals surface area (Å²) in [5.74, 6) is 0.545. The quantitative estimate of drug-likeness (QED) is 0.938. The Kier molecular flexibility index (Phi) is 3.60. The summed E-state index contributed by atoms with van der Waals surface area (Å²) < 4.78 is 0. The SMILES string of the molecule is CC(C)C(=O)Nc1ccc(N2CCc3ccccc32)cn1. The van der Waals surface area contributed by atoms with Crippen LogP contribution in [0.3, 0.4) is 0 Å². The number of nitrogens with one attached hydrogen (secondary N) is 1. The summed E-state index contributed by atoms with van der Waals surface area (Å²) in [5, 5.41) is 2.81. The van der Waals surface area contributed by atoms with Crippen LogP contribution in [-0.4, -0.2) is 17.4 Å². The second-order valence-corrected chi connectivity index (χ2v) is 5.58. The first-order chi connectivity index (χ1) is 10.1. The van der Waals surface area contributed by atoms with E-state index in [1.54, 1.807) is 0 Å². The predicted octanol–water partition coefficient (Wildman–Crippen LogP) is 3.37. The fraction of sp³-hybridized carbons (Fsp3) is 0.294. The van der Waals surface area contributed by atoms with Crippen LogP contribution in [0.2, 0.25) is 0 Å². The molecule has 3 rings (SSSR count). The summed E-state index contributed by atoms with van der Waals surface area (Å²) in [7, 11) is 0. The van der Waals surface area contributed by atoms with Crippen LogP contribution >= 0.6 is 0 Å². The maximum absolute atomic E-state index is 11.7. The molecular formula is C17H19N3O. The number of anilines is 3. The van der Waals surface area contributed by atoms with Crippen molar-refractivity contribution in [2.75, 3.05) is 16.8 Å². The van der Waals surface area contributed by atoms with Gasteiger partial charge in [0.2, 0.25) is 5.91 Å². The van der Waals surface area contributed by atoms with Gasteiger partial charge in [0.25, 0.3) is 0 Å². The van der Waals surface area contributed by atoms with Crippen LogP contribution in [0.5, 0.6) is 0 Å². The van der Waals surface area contributed by atoms with Crippen LogP contribution in [0, 0.1) is 5.92 Å². The molecule has 1 aromatic heterocycles. The van der Waals surface area contributed by atoms with Crippen molar-refractivity contribution in [3.05, 3.63) is 48.2 Å². The summed E-state index contributed by atoms with van der Waals surface area (Å²) in [6, 6.07) is 12.3. The van der Waals surface area contributed by atoms with Crippen LogP contribution < -0.4 is 10.2 Å². The van der Waals surface area contributed by atoms with E-state index in [-0.39, 0.29) is 11.8 Å². The zero-order chi connectivity index (χ0) is 14.8. The van der Waals surface area contributed by atoms with E-state index in [2.05, 4.69) is 39.5 Å². The lowest BCUT2D eigenvalue weighted by Gasteiger charge is -2.19. The molecule has 1 amide bonds. The van der Waals surface area contributed by atoms with E-state index >= 15 is 0 Å². The van der Waals surface area contributed by atoms with E-state index in [0.717, 1.165) is 18.7 Å². The highest BCUT2D eigenvalue weighted by molar-refractivity contribution is 5.91. The molecule has 4 nitrogen and oxygen atoms in total. The first kappa shape index (κ1) is 13.6. The third-order valence-corrected chi connectivity index (χ3v) is 3.72. The van der Waals surface area contributed by atoms with E-state index in [4.69, 9.17) is 0 Å². The first-order valence-electron chi connectivity index (χ1n) is 7.27. The minimum absolute atomic E-state index is 0.0123. The maximum Gasteiger partial charge on any atom is 0.228 e. The van der Waals surface area contributed by atoms with Gasteiger partial charge in [-0.25, -0.2) is 4.98 Å². The molecule has 1 aliphatic rings. The van der Waals surface area contributed by atoms with Crippen molar-refractivity contribution in [1.82, 2.24) is 4.98 Å². The molecule has 0 atom stereocenters. The fourth-order valence-electron chi connectivity index (χ4n) is 2.50. The lowest BCUT2D eigenvalue weighted by atomic mass is 10.2. The third kappa shape index (κ3) is 2.75. The summed E-state index contributed by atoms with van der Waals surface area (Å²) >= 11 is 0. The van der Waals surface area contributed by atoms with E-state index in [9.17, 15) is 4.79 Å². The van der Waals surface area contributed by atoms with Gasteiger partial charge in [-0.15, -0.1) is 0 Å². The van der Waals surface area contributed by atoms with Crippen LogP contribution in [0.1, 0.15) is 19.4 Å². The molecular weight excluding hydrogens is 262 g/mol. The van der Waals surface area contributed by atoms with Crippen molar-refractivity contribution >= 4 is 23.1 Å². The van der Waals surface area contributed by atoms with Crippen molar-refractivity contribution in [2.24, 2.45) is 5.92 Å². The molecule has 2 heterocycles. The highest BCUT2D eigenvalue weighted by Crippen LogP contribution is 2.33. The molecule has 0 aliphatic carbocycles. The van der Waals surface area contributed by atoms with Crippen LogP contribution in [0.15, 0.2) is 42.6 Å². The highest BCUT2D eigenvalue weighted by atomic mass is 16.1. The predicted molar refractivity (Wildman–Crippen MR) is 84.9 cm³/mol. The Labute approximate surface area is 124 Å². The van der Waals surface area contributed by atoms with Gasteiger partial charge >= 0.3 is 0 Å². The van der Waals surface area contributed by atoms with Gasteiger partial charge in [0.15, 0.2) is 0 Å². The van der Waals surface area contributed by atoms with Crippen LogP contribution in [0.4, 0.5) is 17.2 Å². The number of benzene rings is 1. The molecule has 0 spiro atoms. The number of aromatic nitrogens is 1. The van der Waals surface area contributed by atoms with E-state index in [1.807, 2.05) is 32.2 Å². The molecule has 0 bridgehead atoms. The Morgan fingerprint density at radius 3 is 2.76 bits per heavy atom. The van der Waals surface area contributed by atoms with Gasteiger partial charge in [-0.05, 0) is 30.2 Å². The summed E-state index contributed by atoms with van der Waals surface area (Å²) in [6.45, 7) is 4.70. The number of hydrogen-bond donors (Lipinski definition) is 1. The number of nitrogens with zero attached hydrogens (tertiary/aromatic N) is 2. The summed E-state index contributed by atoms with van der Waals surface area (Å²) in [5.41, 5.74) is 3.68. The topological polar surface area (TPSA) is 45.2 Å². The number of pyridine rings is 1. The van der Waals surface area contributed by atoms with Crippen molar-refractivity contribution in [2.45, 2.75) is 20.3 Å². The van der Waals surface area contributed by atoms with Crippen LogP contribution in [-0.2, 0) is 11.2 Å². The van der Waals surface area contributed by atoms with Gasteiger partial charge in [-0.2, -0.15) is 0 Å². The van der Waals surface area contributed by atoms with Crippen molar-refractivity contribution in [3.63, 3.8) is 0 Å². The smallest absolute Gasteiger partial charge is 0.228 e. The molecule has 0 fully saturated rings. The normalized spacial score (nSPS) is 13.4. The molecule has 0 radical (unpaired) electrons. The highest BCUT2D eigenvalue weighted by Gasteiger charge is 2.19. The molecule has 2 aromatic rings. The summed E-state index contributed by atoms with van der Waals surface area (Å²) in [4.78, 5) is 18.3. The van der Waals surface area contributed by atoms with Gasteiger partial charge < -0.3 is 10.2 Å². The molecule has 0 unspecified atom stereocenters. The van der Waals surface area contributed by atoms with Crippen molar-refractivity contribution in [3.8, 4) is 0 Å². The third-order valence-electron chi connectivity index (χ3n) is 3.72. The lowest BCUT2D eigenvalue weighted by Crippen LogP contribution is -2.19. The van der Waals surface area contributed by atoms with E-state index in [1.165, 1.54) is 11.3 Å². The molecule has 1 aliphatic heterocycles. The molecule has 0 saturated carbocycles. The van der Waals surface area contributed by atoms with E-state index < -0.39 is 0 Å². The number of rotatable bonds is 3. The number of para-hydroxylation sites is 1. The minimum atomic E-state index is -0.0445. The number of amides is 1. The first-order valence-corrected chi connectivity index (χ1v) is 7.27. The average Bonchev–Trinajstić information content (AvgIpc) is 2.92. The zero-order valence-electron chi connectivity index (χ0n) is 12.3. The number of carbonyl (C=O) groups excluding carboxylic acids is 1. The molecule has 1 aromatic carbocycles.